The first-order chi connectivity index (χ1) is 11.6. The van der Waals surface area contributed by atoms with Crippen LogP contribution >= 0.6 is 11.6 Å². The summed E-state index contributed by atoms with van der Waals surface area (Å²) in [5.74, 6) is 0.663. The molecule has 0 radical (unpaired) electrons. The van der Waals surface area contributed by atoms with Gasteiger partial charge in [-0.25, -0.2) is 4.98 Å². The summed E-state index contributed by atoms with van der Waals surface area (Å²) < 4.78 is 1.86. The molecule has 0 aliphatic carbocycles. The maximum atomic E-state index is 10.9. The molecule has 0 aliphatic heterocycles. The largest absolute Gasteiger partial charge is 0.352 e. The molecule has 1 heterocycles. The zero-order chi connectivity index (χ0) is 17.1. The molecule has 0 fully saturated rings. The van der Waals surface area contributed by atoms with Crippen molar-refractivity contribution in [3.8, 4) is 11.3 Å². The van der Waals surface area contributed by atoms with Gasteiger partial charge in [-0.05, 0) is 11.6 Å². The van der Waals surface area contributed by atoms with E-state index >= 15 is 0 Å². The van der Waals surface area contributed by atoms with E-state index in [2.05, 4.69) is 10.3 Å². The van der Waals surface area contributed by atoms with Gasteiger partial charge in [0.05, 0.1) is 16.8 Å². The van der Waals surface area contributed by atoms with Crippen molar-refractivity contribution in [1.82, 2.24) is 9.55 Å². The van der Waals surface area contributed by atoms with E-state index < -0.39 is 4.92 Å². The highest BCUT2D eigenvalue weighted by atomic mass is 35.5. The monoisotopic (exact) mass is 342 g/mol. The van der Waals surface area contributed by atoms with Gasteiger partial charge in [-0.1, -0.05) is 41.9 Å². The molecule has 0 amide bonds. The Morgan fingerprint density at radius 2 is 2.04 bits per heavy atom. The molecule has 24 heavy (non-hydrogen) atoms. The number of nitrogens with one attached hydrogen (secondary N) is 1. The number of rotatable bonds is 5. The number of benzene rings is 2. The summed E-state index contributed by atoms with van der Waals surface area (Å²) >= 11 is 6.15. The second-order valence-electron chi connectivity index (χ2n) is 5.28. The summed E-state index contributed by atoms with van der Waals surface area (Å²) in [4.78, 5) is 14.9. The van der Waals surface area contributed by atoms with Crippen LogP contribution in [0.25, 0.3) is 11.3 Å². The lowest BCUT2D eigenvalue weighted by atomic mass is 10.1. The lowest BCUT2D eigenvalue weighted by molar-refractivity contribution is -0.384. The summed E-state index contributed by atoms with van der Waals surface area (Å²) in [6, 6.07) is 14.1. The molecule has 0 saturated heterocycles. The van der Waals surface area contributed by atoms with E-state index in [4.69, 9.17) is 11.6 Å². The van der Waals surface area contributed by atoms with Crippen LogP contribution in [-0.4, -0.2) is 14.5 Å². The van der Waals surface area contributed by atoms with Crippen molar-refractivity contribution >= 4 is 23.2 Å². The van der Waals surface area contributed by atoms with E-state index in [0.717, 1.165) is 16.8 Å². The van der Waals surface area contributed by atoms with E-state index in [-0.39, 0.29) is 5.69 Å². The van der Waals surface area contributed by atoms with Crippen LogP contribution in [-0.2, 0) is 13.6 Å². The van der Waals surface area contributed by atoms with Gasteiger partial charge in [0.1, 0.15) is 0 Å². The van der Waals surface area contributed by atoms with E-state index in [1.54, 1.807) is 12.3 Å². The Morgan fingerprint density at radius 1 is 1.25 bits per heavy atom. The molecule has 0 aliphatic rings. The first-order valence-electron chi connectivity index (χ1n) is 7.30. The summed E-state index contributed by atoms with van der Waals surface area (Å²) in [6.07, 6.45) is 1.69. The lowest BCUT2D eigenvalue weighted by Crippen LogP contribution is -2.06. The fourth-order valence-corrected chi connectivity index (χ4v) is 2.64. The van der Waals surface area contributed by atoms with Gasteiger partial charge in [0, 0.05) is 36.3 Å². The van der Waals surface area contributed by atoms with Crippen molar-refractivity contribution in [1.29, 1.82) is 0 Å². The molecule has 3 rings (SSSR count). The average molecular weight is 343 g/mol. The van der Waals surface area contributed by atoms with Crippen LogP contribution in [0.3, 0.4) is 0 Å². The van der Waals surface area contributed by atoms with Crippen molar-refractivity contribution in [2.24, 2.45) is 7.05 Å². The van der Waals surface area contributed by atoms with Crippen LogP contribution in [0.4, 0.5) is 11.6 Å². The normalized spacial score (nSPS) is 10.6. The quantitative estimate of drug-likeness (QED) is 0.555. The molecule has 122 valence electrons. The number of hydrogen-bond donors (Lipinski definition) is 1. The maximum absolute atomic E-state index is 10.9. The molecular formula is C17H15ClN4O2. The fourth-order valence-electron chi connectivity index (χ4n) is 2.44. The summed E-state index contributed by atoms with van der Waals surface area (Å²) in [5, 5.41) is 14.8. The molecule has 0 spiro atoms. The predicted molar refractivity (Wildman–Crippen MR) is 94.1 cm³/mol. The van der Waals surface area contributed by atoms with Crippen LogP contribution in [0.2, 0.25) is 5.02 Å². The van der Waals surface area contributed by atoms with E-state index in [0.29, 0.717) is 17.5 Å². The third-order valence-corrected chi connectivity index (χ3v) is 4.10. The van der Waals surface area contributed by atoms with Crippen molar-refractivity contribution in [2.45, 2.75) is 6.54 Å². The molecule has 3 aromatic rings. The Bertz CT molecular complexity index is 892. The van der Waals surface area contributed by atoms with Gasteiger partial charge < -0.3 is 9.88 Å². The highest BCUT2D eigenvalue weighted by Gasteiger charge is 2.12. The molecule has 0 atom stereocenters. The van der Waals surface area contributed by atoms with Crippen LogP contribution in [0.15, 0.2) is 54.7 Å². The van der Waals surface area contributed by atoms with Gasteiger partial charge in [-0.2, -0.15) is 0 Å². The SMILES string of the molecule is Cn1c(-c2cccc([N+](=O)[O-])c2)cnc1NCc1ccccc1Cl. The Hall–Kier alpha value is -2.86. The number of nitrogens with zero attached hydrogens (tertiary/aromatic N) is 3. The predicted octanol–water partition coefficient (Wildman–Crippen LogP) is 4.26. The minimum atomic E-state index is -0.406. The number of anilines is 1. The van der Waals surface area contributed by atoms with Crippen molar-refractivity contribution in [2.75, 3.05) is 5.32 Å². The van der Waals surface area contributed by atoms with Gasteiger partial charge in [0.15, 0.2) is 0 Å². The molecule has 1 N–H and O–H groups in total. The number of halogens is 1. The van der Waals surface area contributed by atoms with Crippen LogP contribution < -0.4 is 5.32 Å². The minimum Gasteiger partial charge on any atom is -0.352 e. The van der Waals surface area contributed by atoms with Gasteiger partial charge in [0.25, 0.3) is 5.69 Å². The third kappa shape index (κ3) is 3.23. The van der Waals surface area contributed by atoms with Crippen molar-refractivity contribution in [3.05, 3.63) is 75.4 Å². The smallest absolute Gasteiger partial charge is 0.270 e. The first kappa shape index (κ1) is 16.0. The molecule has 0 saturated carbocycles. The van der Waals surface area contributed by atoms with Gasteiger partial charge >= 0.3 is 0 Å². The third-order valence-electron chi connectivity index (χ3n) is 3.74. The number of hydrogen-bond acceptors (Lipinski definition) is 4. The molecule has 7 heteroatoms. The molecule has 0 bridgehead atoms. The lowest BCUT2D eigenvalue weighted by Gasteiger charge is -2.09. The van der Waals surface area contributed by atoms with Crippen LogP contribution in [0.5, 0.6) is 0 Å². The Labute approximate surface area is 143 Å². The zero-order valence-electron chi connectivity index (χ0n) is 12.9. The van der Waals surface area contributed by atoms with Crippen molar-refractivity contribution in [3.63, 3.8) is 0 Å². The molecule has 1 aromatic heterocycles. The number of non-ortho nitro benzene ring substituents is 1. The van der Waals surface area contributed by atoms with Crippen LogP contribution in [0.1, 0.15) is 5.56 Å². The highest BCUT2D eigenvalue weighted by Crippen LogP contribution is 2.26. The van der Waals surface area contributed by atoms with Gasteiger partial charge in [-0.3, -0.25) is 10.1 Å². The number of nitro groups is 1. The fraction of sp³-hybridized carbons (Fsp3) is 0.118. The Kier molecular flexibility index (Phi) is 4.48. The number of aromatic nitrogens is 2. The molecule has 0 unspecified atom stereocenters. The Balaban J connectivity index is 1.83. The Morgan fingerprint density at radius 3 is 2.79 bits per heavy atom. The van der Waals surface area contributed by atoms with Gasteiger partial charge in [-0.15, -0.1) is 0 Å². The standard InChI is InChI=1S/C17H15ClN4O2/c1-21-16(12-6-4-7-14(9-12)22(23)24)11-20-17(21)19-10-13-5-2-3-8-15(13)18/h2-9,11H,10H2,1H3,(H,19,20). The van der Waals surface area contributed by atoms with E-state index in [1.807, 2.05) is 41.9 Å². The van der Waals surface area contributed by atoms with Crippen molar-refractivity contribution < 1.29 is 4.92 Å². The topological polar surface area (TPSA) is 73.0 Å². The number of nitro benzene ring substituents is 1. The summed E-state index contributed by atoms with van der Waals surface area (Å²) in [6.45, 7) is 0.541. The minimum absolute atomic E-state index is 0.0549. The highest BCUT2D eigenvalue weighted by molar-refractivity contribution is 6.31. The number of imidazole rings is 1. The van der Waals surface area contributed by atoms with E-state index in [9.17, 15) is 10.1 Å². The first-order valence-corrected chi connectivity index (χ1v) is 7.68. The molecule has 2 aromatic carbocycles. The van der Waals surface area contributed by atoms with E-state index in [1.165, 1.54) is 12.1 Å². The van der Waals surface area contributed by atoms with Gasteiger partial charge in [0.2, 0.25) is 5.95 Å². The average Bonchev–Trinajstić information content (AvgIpc) is 2.95. The summed E-state index contributed by atoms with van der Waals surface area (Å²) in [7, 11) is 1.86. The maximum Gasteiger partial charge on any atom is 0.270 e. The molecule has 6 nitrogen and oxygen atoms in total. The second-order valence-corrected chi connectivity index (χ2v) is 5.69. The second kappa shape index (κ2) is 6.72. The molecular weight excluding hydrogens is 328 g/mol. The van der Waals surface area contributed by atoms with Crippen LogP contribution in [0, 0.1) is 10.1 Å². The zero-order valence-corrected chi connectivity index (χ0v) is 13.7. The summed E-state index contributed by atoms with van der Waals surface area (Å²) in [5.41, 5.74) is 2.56.